The number of hydrogen-bond acceptors (Lipinski definition) is 2. The summed E-state index contributed by atoms with van der Waals surface area (Å²) in [4.78, 5) is 12.4. The molecule has 4 aromatic rings. The molecule has 0 radical (unpaired) electrons. The summed E-state index contributed by atoms with van der Waals surface area (Å²) in [6.45, 7) is 2.04. The van der Waals surface area contributed by atoms with Gasteiger partial charge in [0.2, 0.25) is 0 Å². The highest BCUT2D eigenvalue weighted by Crippen LogP contribution is 2.29. The number of benzene rings is 2. The maximum atomic E-state index is 6.35. The first-order valence-corrected chi connectivity index (χ1v) is 7.10. The van der Waals surface area contributed by atoms with Crippen LogP contribution >= 0.6 is 11.6 Å². The van der Waals surface area contributed by atoms with E-state index < -0.39 is 0 Å². The van der Waals surface area contributed by atoms with Gasteiger partial charge >= 0.3 is 0 Å². The van der Waals surface area contributed by atoms with Crippen molar-refractivity contribution in [2.24, 2.45) is 0 Å². The fraction of sp³-hybridized carbons (Fsp3) is 0.0588. The van der Waals surface area contributed by atoms with Crippen molar-refractivity contribution in [2.75, 3.05) is 0 Å². The van der Waals surface area contributed by atoms with Crippen LogP contribution in [0.3, 0.4) is 0 Å². The first kappa shape index (κ1) is 12.4. The van der Waals surface area contributed by atoms with E-state index in [9.17, 15) is 0 Å². The lowest BCUT2D eigenvalue weighted by molar-refractivity contribution is 1.30. The quantitative estimate of drug-likeness (QED) is 0.515. The third-order valence-electron chi connectivity index (χ3n) is 3.57. The molecule has 4 heteroatoms. The number of aromatic amines is 1. The Morgan fingerprint density at radius 2 is 1.81 bits per heavy atom. The molecule has 21 heavy (non-hydrogen) atoms. The molecule has 0 bridgehead atoms. The SMILES string of the molecule is Cc1ccc2cc(-c3nc4ccccc4[nH]3)c(Cl)nc2c1. The highest BCUT2D eigenvalue weighted by Gasteiger charge is 2.11. The van der Waals surface area contributed by atoms with Gasteiger partial charge in [0.25, 0.3) is 0 Å². The summed E-state index contributed by atoms with van der Waals surface area (Å²) in [5, 5.41) is 1.52. The molecule has 0 aliphatic carbocycles. The van der Waals surface area contributed by atoms with Crippen molar-refractivity contribution in [2.45, 2.75) is 6.92 Å². The summed E-state index contributed by atoms with van der Waals surface area (Å²) in [6, 6.07) is 16.1. The zero-order valence-corrected chi connectivity index (χ0v) is 12.1. The fourth-order valence-electron chi connectivity index (χ4n) is 2.50. The summed E-state index contributed by atoms with van der Waals surface area (Å²) in [7, 11) is 0. The highest BCUT2D eigenvalue weighted by atomic mass is 35.5. The van der Waals surface area contributed by atoms with Crippen molar-refractivity contribution in [1.29, 1.82) is 0 Å². The first-order valence-electron chi connectivity index (χ1n) is 6.73. The molecular weight excluding hydrogens is 282 g/mol. The normalized spacial score (nSPS) is 11.3. The van der Waals surface area contributed by atoms with Crippen LogP contribution in [0.4, 0.5) is 0 Å². The highest BCUT2D eigenvalue weighted by molar-refractivity contribution is 6.32. The molecule has 0 aliphatic heterocycles. The van der Waals surface area contributed by atoms with E-state index in [0.29, 0.717) is 5.15 Å². The minimum Gasteiger partial charge on any atom is -0.338 e. The van der Waals surface area contributed by atoms with Crippen LogP contribution in [0, 0.1) is 6.92 Å². The summed E-state index contributed by atoms with van der Waals surface area (Å²) in [5.41, 5.74) is 4.81. The van der Waals surface area contributed by atoms with Crippen LogP contribution in [0.2, 0.25) is 5.15 Å². The largest absolute Gasteiger partial charge is 0.338 e. The van der Waals surface area contributed by atoms with Gasteiger partial charge in [-0.1, -0.05) is 35.9 Å². The second-order valence-corrected chi connectivity index (χ2v) is 5.48. The molecular formula is C17H12ClN3. The van der Waals surface area contributed by atoms with Gasteiger partial charge in [-0.2, -0.15) is 0 Å². The standard InChI is InChI=1S/C17H12ClN3/c1-10-6-7-11-9-12(16(18)19-15(11)8-10)17-20-13-4-2-3-5-14(13)21-17/h2-9H,1H3,(H,20,21). The van der Waals surface area contributed by atoms with Crippen molar-refractivity contribution >= 4 is 33.5 Å². The van der Waals surface area contributed by atoms with Gasteiger partial charge in [-0.15, -0.1) is 0 Å². The molecule has 2 heterocycles. The lowest BCUT2D eigenvalue weighted by Crippen LogP contribution is -1.88. The van der Waals surface area contributed by atoms with Crippen molar-refractivity contribution < 1.29 is 0 Å². The van der Waals surface area contributed by atoms with Crippen LogP contribution in [0.25, 0.3) is 33.3 Å². The van der Waals surface area contributed by atoms with Gasteiger partial charge in [0.15, 0.2) is 0 Å². The summed E-state index contributed by atoms with van der Waals surface area (Å²) in [6.07, 6.45) is 0. The number of fused-ring (bicyclic) bond motifs is 2. The third kappa shape index (κ3) is 2.06. The molecule has 1 N–H and O–H groups in total. The summed E-state index contributed by atoms with van der Waals surface area (Å²) in [5.74, 6) is 0.746. The van der Waals surface area contributed by atoms with Crippen LogP contribution < -0.4 is 0 Å². The number of imidazole rings is 1. The summed E-state index contributed by atoms with van der Waals surface area (Å²) >= 11 is 6.35. The average molecular weight is 294 g/mol. The fourth-order valence-corrected chi connectivity index (χ4v) is 2.74. The Balaban J connectivity index is 1.96. The van der Waals surface area contributed by atoms with Crippen molar-refractivity contribution in [3.05, 3.63) is 59.2 Å². The van der Waals surface area contributed by atoms with Gasteiger partial charge in [-0.05, 0) is 36.8 Å². The molecule has 0 atom stereocenters. The Kier molecular flexibility index (Phi) is 2.69. The van der Waals surface area contributed by atoms with E-state index in [2.05, 4.69) is 27.1 Å². The zero-order valence-electron chi connectivity index (χ0n) is 11.4. The monoisotopic (exact) mass is 293 g/mol. The molecule has 102 valence electrons. The van der Waals surface area contributed by atoms with E-state index in [1.54, 1.807) is 0 Å². The smallest absolute Gasteiger partial charge is 0.141 e. The van der Waals surface area contributed by atoms with Crippen LogP contribution in [0.15, 0.2) is 48.5 Å². The number of halogens is 1. The maximum absolute atomic E-state index is 6.35. The van der Waals surface area contributed by atoms with Crippen molar-refractivity contribution in [1.82, 2.24) is 15.0 Å². The first-order chi connectivity index (χ1) is 10.2. The molecule has 0 spiro atoms. The van der Waals surface area contributed by atoms with Gasteiger partial charge in [0.1, 0.15) is 11.0 Å². The Bertz CT molecular complexity index is 939. The number of aryl methyl sites for hydroxylation is 1. The molecule has 0 amide bonds. The molecule has 0 saturated carbocycles. The lowest BCUT2D eigenvalue weighted by atomic mass is 10.1. The van der Waals surface area contributed by atoms with Crippen molar-refractivity contribution in [3.63, 3.8) is 0 Å². The van der Waals surface area contributed by atoms with E-state index in [4.69, 9.17) is 11.6 Å². The van der Waals surface area contributed by atoms with Gasteiger partial charge in [0.05, 0.1) is 22.1 Å². The zero-order chi connectivity index (χ0) is 14.4. The van der Waals surface area contributed by atoms with E-state index >= 15 is 0 Å². The molecule has 0 aliphatic rings. The Labute approximate surface area is 126 Å². The minimum atomic E-state index is 0.465. The van der Waals surface area contributed by atoms with Crippen LogP contribution in [-0.4, -0.2) is 15.0 Å². The van der Waals surface area contributed by atoms with Crippen LogP contribution in [-0.2, 0) is 0 Å². The molecule has 4 rings (SSSR count). The van der Waals surface area contributed by atoms with Crippen LogP contribution in [0.1, 0.15) is 5.56 Å². The van der Waals surface area contributed by atoms with Gasteiger partial charge < -0.3 is 4.98 Å². The molecule has 0 unspecified atom stereocenters. The number of pyridine rings is 1. The maximum Gasteiger partial charge on any atom is 0.141 e. The molecule has 3 nitrogen and oxygen atoms in total. The second kappa shape index (κ2) is 4.57. The Morgan fingerprint density at radius 1 is 0.952 bits per heavy atom. The van der Waals surface area contributed by atoms with Gasteiger partial charge in [-0.25, -0.2) is 9.97 Å². The third-order valence-corrected chi connectivity index (χ3v) is 3.86. The lowest BCUT2D eigenvalue weighted by Gasteiger charge is -2.04. The Morgan fingerprint density at radius 3 is 2.67 bits per heavy atom. The molecule has 2 aromatic heterocycles. The van der Waals surface area contributed by atoms with Gasteiger partial charge in [-0.3, -0.25) is 0 Å². The van der Waals surface area contributed by atoms with E-state index in [1.807, 2.05) is 43.3 Å². The number of aromatic nitrogens is 3. The number of nitrogens with zero attached hydrogens (tertiary/aromatic N) is 2. The number of H-pyrrole nitrogens is 1. The van der Waals surface area contributed by atoms with E-state index in [-0.39, 0.29) is 0 Å². The summed E-state index contributed by atoms with van der Waals surface area (Å²) < 4.78 is 0. The number of rotatable bonds is 1. The number of nitrogens with one attached hydrogen (secondary N) is 1. The predicted molar refractivity (Wildman–Crippen MR) is 86.6 cm³/mol. The predicted octanol–water partition coefficient (Wildman–Crippen LogP) is 4.74. The van der Waals surface area contributed by atoms with Crippen LogP contribution in [0.5, 0.6) is 0 Å². The van der Waals surface area contributed by atoms with Crippen molar-refractivity contribution in [3.8, 4) is 11.4 Å². The molecule has 0 saturated heterocycles. The number of hydrogen-bond donors (Lipinski definition) is 1. The number of para-hydroxylation sites is 2. The topological polar surface area (TPSA) is 41.6 Å². The second-order valence-electron chi connectivity index (χ2n) is 5.13. The average Bonchev–Trinajstić information content (AvgIpc) is 2.90. The molecule has 2 aromatic carbocycles. The Hall–Kier alpha value is -2.39. The van der Waals surface area contributed by atoms with E-state index in [0.717, 1.165) is 33.3 Å². The molecule has 0 fully saturated rings. The van der Waals surface area contributed by atoms with E-state index in [1.165, 1.54) is 5.56 Å². The van der Waals surface area contributed by atoms with Gasteiger partial charge in [0, 0.05) is 5.39 Å². The minimum absolute atomic E-state index is 0.465.